The number of hydrogen-bond acceptors (Lipinski definition) is 4. The third kappa shape index (κ3) is 4.13. The molecule has 4 N–H and O–H groups in total. The van der Waals surface area contributed by atoms with Crippen molar-refractivity contribution in [3.8, 4) is 10.4 Å². The number of halogens is 1. The fourth-order valence-corrected chi connectivity index (χ4v) is 4.26. The quantitative estimate of drug-likeness (QED) is 0.701. The maximum Gasteiger partial charge on any atom is 0.407 e. The SMILES string of the molecule is Nc1cc(-c2cccc(Br)c2)sc1C(=O)NC1CCCN(C(=O)O)C1. The normalized spacial score (nSPS) is 17.3. The van der Waals surface area contributed by atoms with Gasteiger partial charge < -0.3 is 21.1 Å². The van der Waals surface area contributed by atoms with E-state index in [-0.39, 0.29) is 11.9 Å². The highest BCUT2D eigenvalue weighted by molar-refractivity contribution is 9.10. The monoisotopic (exact) mass is 423 g/mol. The molecule has 0 spiro atoms. The van der Waals surface area contributed by atoms with Crippen molar-refractivity contribution in [3.05, 3.63) is 39.7 Å². The fourth-order valence-electron chi connectivity index (χ4n) is 2.89. The zero-order valence-electron chi connectivity index (χ0n) is 13.4. The molecule has 1 aromatic heterocycles. The van der Waals surface area contributed by atoms with E-state index in [1.807, 2.05) is 24.3 Å². The molecule has 1 atom stereocenters. The summed E-state index contributed by atoms with van der Waals surface area (Å²) in [7, 11) is 0. The van der Waals surface area contributed by atoms with E-state index in [9.17, 15) is 9.59 Å². The van der Waals surface area contributed by atoms with Gasteiger partial charge in [-0.2, -0.15) is 0 Å². The minimum atomic E-state index is -0.952. The first-order valence-corrected chi connectivity index (χ1v) is 9.49. The van der Waals surface area contributed by atoms with Crippen molar-refractivity contribution in [2.75, 3.05) is 18.8 Å². The smallest absolute Gasteiger partial charge is 0.407 e. The topological polar surface area (TPSA) is 95.7 Å². The number of benzene rings is 1. The number of nitrogen functional groups attached to an aromatic ring is 1. The number of nitrogens with one attached hydrogen (secondary N) is 1. The summed E-state index contributed by atoms with van der Waals surface area (Å²) in [5, 5.41) is 12.0. The zero-order valence-corrected chi connectivity index (χ0v) is 15.8. The predicted molar refractivity (Wildman–Crippen MR) is 102 cm³/mol. The number of amides is 2. The standard InChI is InChI=1S/C17H18BrN3O3S/c18-11-4-1-3-10(7-11)14-8-13(19)15(25-14)16(22)20-12-5-2-6-21(9-12)17(23)24/h1,3-4,7-8,12H,2,5-6,9,19H2,(H,20,22)(H,23,24). The maximum atomic E-state index is 12.6. The summed E-state index contributed by atoms with van der Waals surface area (Å²) in [6.07, 6.45) is 0.547. The first-order chi connectivity index (χ1) is 11.9. The highest BCUT2D eigenvalue weighted by atomic mass is 79.9. The number of carboxylic acid groups (broad SMARTS) is 1. The minimum Gasteiger partial charge on any atom is -0.465 e. The molecule has 8 heteroatoms. The zero-order chi connectivity index (χ0) is 18.0. The number of carbonyl (C=O) groups excluding carboxylic acids is 1. The van der Waals surface area contributed by atoms with Gasteiger partial charge in [0.15, 0.2) is 0 Å². The number of thiophene rings is 1. The molecule has 25 heavy (non-hydrogen) atoms. The Balaban J connectivity index is 1.73. The molecular formula is C17H18BrN3O3S. The maximum absolute atomic E-state index is 12.6. The van der Waals surface area contributed by atoms with Gasteiger partial charge in [0.2, 0.25) is 0 Å². The Kier molecular flexibility index (Phi) is 5.29. The molecule has 6 nitrogen and oxygen atoms in total. The highest BCUT2D eigenvalue weighted by Gasteiger charge is 2.26. The molecule has 1 aliphatic heterocycles. The van der Waals surface area contributed by atoms with Crippen molar-refractivity contribution in [1.82, 2.24) is 10.2 Å². The van der Waals surface area contributed by atoms with Crippen molar-refractivity contribution in [3.63, 3.8) is 0 Å². The van der Waals surface area contributed by atoms with Crippen LogP contribution in [0.1, 0.15) is 22.5 Å². The number of hydrogen-bond donors (Lipinski definition) is 3. The fraction of sp³-hybridized carbons (Fsp3) is 0.294. The second-order valence-corrected chi connectivity index (χ2v) is 7.91. The van der Waals surface area contributed by atoms with Gasteiger partial charge in [0.1, 0.15) is 4.88 Å². The molecule has 0 radical (unpaired) electrons. The van der Waals surface area contributed by atoms with Crippen LogP contribution in [0.5, 0.6) is 0 Å². The number of carbonyl (C=O) groups is 2. The van der Waals surface area contributed by atoms with Gasteiger partial charge in [-0.3, -0.25) is 4.79 Å². The van der Waals surface area contributed by atoms with Crippen molar-refractivity contribution >= 4 is 45.0 Å². The van der Waals surface area contributed by atoms with Gasteiger partial charge in [-0.05, 0) is 36.6 Å². The lowest BCUT2D eigenvalue weighted by atomic mass is 10.1. The Bertz CT molecular complexity index is 808. The van der Waals surface area contributed by atoms with Gasteiger partial charge >= 0.3 is 6.09 Å². The number of rotatable bonds is 3. The van der Waals surface area contributed by atoms with Gasteiger partial charge in [0.25, 0.3) is 5.91 Å². The Labute approximate surface area is 157 Å². The number of piperidine rings is 1. The average molecular weight is 424 g/mol. The van der Waals surface area contributed by atoms with Crippen LogP contribution in [-0.2, 0) is 0 Å². The summed E-state index contributed by atoms with van der Waals surface area (Å²) in [5.41, 5.74) is 7.45. The molecule has 0 aliphatic carbocycles. The Hall–Kier alpha value is -2.06. The van der Waals surface area contributed by atoms with Crippen molar-refractivity contribution in [2.24, 2.45) is 0 Å². The molecule has 1 saturated heterocycles. The molecule has 0 saturated carbocycles. The van der Waals surface area contributed by atoms with Crippen molar-refractivity contribution < 1.29 is 14.7 Å². The van der Waals surface area contributed by atoms with Crippen LogP contribution >= 0.6 is 27.3 Å². The Morgan fingerprint density at radius 3 is 2.88 bits per heavy atom. The van der Waals surface area contributed by atoms with Crippen LogP contribution in [-0.4, -0.2) is 41.1 Å². The molecule has 2 amide bonds. The van der Waals surface area contributed by atoms with E-state index in [0.717, 1.165) is 27.8 Å². The number of nitrogens with zero attached hydrogens (tertiary/aromatic N) is 1. The average Bonchev–Trinajstić information content (AvgIpc) is 2.97. The molecule has 132 valence electrons. The predicted octanol–water partition coefficient (Wildman–Crippen LogP) is 3.63. The van der Waals surface area contributed by atoms with Crippen LogP contribution in [0.15, 0.2) is 34.8 Å². The molecule has 1 aromatic carbocycles. The van der Waals surface area contributed by atoms with Gasteiger partial charge in [-0.1, -0.05) is 28.1 Å². The molecule has 3 rings (SSSR count). The first-order valence-electron chi connectivity index (χ1n) is 7.88. The van der Waals surface area contributed by atoms with Gasteiger partial charge in [0.05, 0.1) is 5.69 Å². The van der Waals surface area contributed by atoms with Crippen molar-refractivity contribution in [1.29, 1.82) is 0 Å². The first kappa shape index (κ1) is 17.8. The van der Waals surface area contributed by atoms with Crippen LogP contribution in [0.3, 0.4) is 0 Å². The molecule has 2 heterocycles. The number of nitrogens with two attached hydrogens (primary N) is 1. The van der Waals surface area contributed by atoms with Crippen molar-refractivity contribution in [2.45, 2.75) is 18.9 Å². The lowest BCUT2D eigenvalue weighted by molar-refractivity contribution is 0.0893. The van der Waals surface area contributed by atoms with Gasteiger partial charge in [0, 0.05) is 28.5 Å². The summed E-state index contributed by atoms with van der Waals surface area (Å²) in [6.45, 7) is 0.820. The Morgan fingerprint density at radius 2 is 2.16 bits per heavy atom. The largest absolute Gasteiger partial charge is 0.465 e. The highest BCUT2D eigenvalue weighted by Crippen LogP contribution is 2.34. The number of anilines is 1. The van der Waals surface area contributed by atoms with E-state index in [1.54, 1.807) is 6.07 Å². The van der Waals surface area contributed by atoms with E-state index in [0.29, 0.717) is 23.7 Å². The lowest BCUT2D eigenvalue weighted by Crippen LogP contribution is -2.49. The van der Waals surface area contributed by atoms with E-state index in [1.165, 1.54) is 16.2 Å². The lowest BCUT2D eigenvalue weighted by Gasteiger charge is -2.31. The summed E-state index contributed by atoms with van der Waals surface area (Å²) in [6, 6.07) is 9.41. The molecule has 1 fully saturated rings. The third-order valence-electron chi connectivity index (χ3n) is 4.10. The molecule has 1 unspecified atom stereocenters. The number of likely N-dealkylation sites (tertiary alicyclic amines) is 1. The van der Waals surface area contributed by atoms with Crippen LogP contribution in [0.2, 0.25) is 0 Å². The van der Waals surface area contributed by atoms with Gasteiger partial charge in [-0.15, -0.1) is 11.3 Å². The van der Waals surface area contributed by atoms with E-state index < -0.39 is 6.09 Å². The van der Waals surface area contributed by atoms with Crippen LogP contribution < -0.4 is 11.1 Å². The molecule has 1 aliphatic rings. The summed E-state index contributed by atoms with van der Waals surface area (Å²) >= 11 is 4.78. The minimum absolute atomic E-state index is 0.187. The molecular weight excluding hydrogens is 406 g/mol. The summed E-state index contributed by atoms with van der Waals surface area (Å²) < 4.78 is 0.957. The van der Waals surface area contributed by atoms with E-state index in [4.69, 9.17) is 10.8 Å². The van der Waals surface area contributed by atoms with Crippen LogP contribution in [0, 0.1) is 0 Å². The summed E-state index contributed by atoms with van der Waals surface area (Å²) in [5.74, 6) is -0.249. The molecule has 2 aromatic rings. The van der Waals surface area contributed by atoms with E-state index >= 15 is 0 Å². The summed E-state index contributed by atoms with van der Waals surface area (Å²) in [4.78, 5) is 26.4. The van der Waals surface area contributed by atoms with E-state index in [2.05, 4.69) is 21.2 Å². The second kappa shape index (κ2) is 7.45. The Morgan fingerprint density at radius 1 is 1.36 bits per heavy atom. The third-order valence-corrected chi connectivity index (χ3v) is 5.80. The molecule has 0 bridgehead atoms. The second-order valence-electron chi connectivity index (χ2n) is 5.95. The van der Waals surface area contributed by atoms with Gasteiger partial charge in [-0.25, -0.2) is 4.79 Å². The van der Waals surface area contributed by atoms with Crippen LogP contribution in [0.25, 0.3) is 10.4 Å². The van der Waals surface area contributed by atoms with Crippen LogP contribution in [0.4, 0.5) is 10.5 Å².